The van der Waals surface area contributed by atoms with Crippen molar-refractivity contribution in [3.05, 3.63) is 17.8 Å². The molecule has 1 amide bonds. The molecule has 0 bridgehead atoms. The van der Waals surface area contributed by atoms with Crippen molar-refractivity contribution in [3.8, 4) is 10.7 Å². The van der Waals surface area contributed by atoms with Crippen molar-refractivity contribution < 1.29 is 43.2 Å². The second-order valence-electron chi connectivity index (χ2n) is 16.5. The first-order valence-electron chi connectivity index (χ1n) is 20.0. The van der Waals surface area contributed by atoms with Gasteiger partial charge in [0.1, 0.15) is 34.6 Å². The van der Waals surface area contributed by atoms with Gasteiger partial charge in [-0.1, -0.05) is 26.5 Å². The monoisotopic (exact) mass is 821 g/mol. The number of Topliss-reactive ketones (excluding diaryl/α,β-unsaturated/α-hetero) is 1. The highest BCUT2D eigenvalue weighted by Gasteiger charge is 2.58. The van der Waals surface area contributed by atoms with Crippen LogP contribution in [0.2, 0.25) is 0 Å². The number of cyclic esters (lactones) is 1. The molecule has 16 nitrogen and oxygen atoms in total. The van der Waals surface area contributed by atoms with E-state index < -0.39 is 65.6 Å². The molecular weight excluding hydrogens is 755 g/mol. The van der Waals surface area contributed by atoms with E-state index in [2.05, 4.69) is 27.5 Å². The van der Waals surface area contributed by atoms with Gasteiger partial charge >= 0.3 is 12.1 Å². The first kappa shape index (κ1) is 46.6. The van der Waals surface area contributed by atoms with E-state index in [0.717, 1.165) is 17.1 Å². The molecule has 57 heavy (non-hydrogen) atoms. The lowest BCUT2D eigenvalue weighted by Gasteiger charge is -2.45. The molecule has 0 aromatic carbocycles. The number of hydrogen-bond acceptors (Lipinski definition) is 15. The predicted molar refractivity (Wildman–Crippen MR) is 215 cm³/mol. The number of aliphatic hydroxyl groups is 1. The summed E-state index contributed by atoms with van der Waals surface area (Å²) in [6, 6.07) is -0.996. The number of hydrogen-bond donors (Lipinski definition) is 2. The number of fused-ring (bicyclic) bond motifs is 1. The van der Waals surface area contributed by atoms with Crippen molar-refractivity contribution >= 4 is 29.2 Å². The van der Waals surface area contributed by atoms with Crippen LogP contribution in [0.3, 0.4) is 0 Å². The largest absolute Gasteiger partial charge is 0.458 e. The number of rotatable bonds is 11. The van der Waals surface area contributed by atoms with Crippen molar-refractivity contribution in [2.24, 2.45) is 11.8 Å². The van der Waals surface area contributed by atoms with Gasteiger partial charge in [-0.15, -0.1) is 16.4 Å². The Morgan fingerprint density at radius 3 is 2.49 bits per heavy atom. The number of esters is 1. The molecule has 2 aromatic rings. The first-order chi connectivity index (χ1) is 26.5. The van der Waals surface area contributed by atoms with Crippen molar-refractivity contribution in [3.63, 3.8) is 0 Å². The second-order valence-corrected chi connectivity index (χ2v) is 17.4. The lowest BCUT2D eigenvalue weighted by Crippen LogP contribution is -2.61. The Morgan fingerprint density at radius 1 is 1.12 bits per heavy atom. The number of nitrogens with one attached hydrogen (secondary N) is 1. The highest BCUT2D eigenvalue weighted by Crippen LogP contribution is 2.39. The van der Waals surface area contributed by atoms with Crippen molar-refractivity contribution in [2.45, 2.75) is 161 Å². The third kappa shape index (κ3) is 10.6. The van der Waals surface area contributed by atoms with E-state index in [4.69, 9.17) is 23.7 Å². The lowest BCUT2D eigenvalue weighted by molar-refractivity contribution is -0.289. The number of carbonyl (C=O) groups excluding carboxylic acids is 3. The third-order valence-electron chi connectivity index (χ3n) is 11.9. The van der Waals surface area contributed by atoms with Crippen LogP contribution in [-0.2, 0) is 39.8 Å². The molecule has 3 aliphatic rings. The molecule has 3 unspecified atom stereocenters. The van der Waals surface area contributed by atoms with E-state index in [1.807, 2.05) is 65.2 Å². The van der Waals surface area contributed by atoms with Crippen LogP contribution in [0.5, 0.6) is 0 Å². The molecule has 3 aliphatic heterocycles. The highest BCUT2D eigenvalue weighted by molar-refractivity contribution is 7.13. The van der Waals surface area contributed by atoms with Crippen LogP contribution in [-0.4, -0.2) is 147 Å². The lowest BCUT2D eigenvalue weighted by atomic mass is 9.83. The number of carbonyl (C=O) groups is 3. The normalized spacial score (nSPS) is 35.9. The zero-order valence-electron chi connectivity index (χ0n) is 34.7. The van der Waals surface area contributed by atoms with Crippen molar-refractivity contribution in [2.75, 3.05) is 34.3 Å². The van der Waals surface area contributed by atoms with Gasteiger partial charge in [0.2, 0.25) is 0 Å². The van der Waals surface area contributed by atoms with E-state index in [-0.39, 0.29) is 38.0 Å². The van der Waals surface area contributed by atoms with Crippen molar-refractivity contribution in [1.29, 1.82) is 0 Å². The van der Waals surface area contributed by atoms with Crippen LogP contribution in [0, 0.1) is 11.8 Å². The molecule has 3 saturated heterocycles. The third-order valence-corrected chi connectivity index (χ3v) is 12.7. The Morgan fingerprint density at radius 2 is 1.84 bits per heavy atom. The molecule has 0 spiro atoms. The van der Waals surface area contributed by atoms with Gasteiger partial charge in [-0.25, -0.2) is 9.78 Å². The van der Waals surface area contributed by atoms with Gasteiger partial charge in [-0.2, -0.15) is 0 Å². The molecule has 0 aliphatic carbocycles. The van der Waals surface area contributed by atoms with E-state index in [1.165, 1.54) is 18.3 Å². The average molecular weight is 822 g/mol. The summed E-state index contributed by atoms with van der Waals surface area (Å²) >= 11 is 1.50. The summed E-state index contributed by atoms with van der Waals surface area (Å²) in [6.07, 6.45) is 1.92. The molecule has 0 saturated carbocycles. The van der Waals surface area contributed by atoms with Crippen LogP contribution in [0.15, 0.2) is 17.8 Å². The number of nitrogens with zero attached hydrogens (tertiary/aromatic N) is 6. The smallest absolute Gasteiger partial charge is 0.410 e. The van der Waals surface area contributed by atoms with Crippen LogP contribution in [0.4, 0.5) is 4.79 Å². The summed E-state index contributed by atoms with van der Waals surface area (Å²) in [6.45, 7) is 14.7. The average Bonchev–Trinajstić information content (AvgIpc) is 3.91. The van der Waals surface area contributed by atoms with Gasteiger partial charge in [-0.3, -0.25) is 19.2 Å². The number of thiazole rings is 1. The Kier molecular flexibility index (Phi) is 16.2. The van der Waals surface area contributed by atoms with Crippen LogP contribution < -0.4 is 5.32 Å². The van der Waals surface area contributed by atoms with Gasteiger partial charge in [0, 0.05) is 50.3 Å². The predicted octanol–water partition coefficient (Wildman–Crippen LogP) is 4.55. The van der Waals surface area contributed by atoms with Crippen LogP contribution in [0.1, 0.15) is 94.4 Å². The number of unbranched alkanes of at least 4 members (excludes halogenated alkanes) is 1. The van der Waals surface area contributed by atoms with Crippen LogP contribution >= 0.6 is 11.3 Å². The fourth-order valence-corrected chi connectivity index (χ4v) is 9.15. The zero-order valence-corrected chi connectivity index (χ0v) is 35.5. The molecule has 3 fully saturated rings. The second kappa shape index (κ2) is 19.8. The Bertz CT molecular complexity index is 1610. The number of amides is 1. The van der Waals surface area contributed by atoms with E-state index in [0.29, 0.717) is 45.3 Å². The number of ether oxygens (including phenoxy) is 5. The minimum Gasteiger partial charge on any atom is -0.458 e. The van der Waals surface area contributed by atoms with Gasteiger partial charge in [0.25, 0.3) is 0 Å². The molecule has 322 valence electrons. The summed E-state index contributed by atoms with van der Waals surface area (Å²) in [4.78, 5) is 49.6. The van der Waals surface area contributed by atoms with E-state index >= 15 is 0 Å². The summed E-state index contributed by atoms with van der Waals surface area (Å²) in [5, 5.41) is 26.2. The molecule has 5 rings (SSSR count). The standard InChI is InChI=1S/C39H63N7O9S.CH4/c1-11-30-39(7)33(46(37(50)55-39)16-13-12-15-45-22-27(42-43-45)34-40-14-17-56-34)26(5)41-21-23(2)20-38(6,51-10)31(19-29(47)25(4)35(49)53-30)54-36-32(48)28(44(8)9)18-24(3)52-36;/h14,17,22-26,28,30-33,36,41,48H,11-13,15-16,18-21H2,1-10H3;1H4/t23-,24?,25-,26-,28?,30-,31-,32?,33-,36+,38-,39-;/m1./s1. The van der Waals surface area contributed by atoms with Gasteiger partial charge in [0.05, 0.1) is 30.0 Å². The molecule has 17 heteroatoms. The Labute approximate surface area is 342 Å². The van der Waals surface area contributed by atoms with E-state index in [1.54, 1.807) is 22.9 Å². The fourth-order valence-electron chi connectivity index (χ4n) is 8.57. The van der Waals surface area contributed by atoms with Gasteiger partial charge in [0.15, 0.2) is 11.9 Å². The summed E-state index contributed by atoms with van der Waals surface area (Å²) in [7, 11) is 5.38. The Balaban J connectivity index is 0.00000720. The number of aryl methyl sites for hydroxylation is 1. The van der Waals surface area contributed by atoms with Crippen molar-refractivity contribution in [1.82, 2.24) is 35.1 Å². The van der Waals surface area contributed by atoms with Gasteiger partial charge < -0.3 is 39.0 Å². The molecule has 0 radical (unpaired) electrons. The first-order valence-corrected chi connectivity index (χ1v) is 20.9. The molecular formula is C40H67N7O9S. The summed E-state index contributed by atoms with van der Waals surface area (Å²) < 4.78 is 32.9. The van der Waals surface area contributed by atoms with Crippen LogP contribution in [0.25, 0.3) is 10.7 Å². The molecule has 12 atom stereocenters. The number of aromatic nitrogens is 4. The topological polar surface area (TPSA) is 180 Å². The molecule has 2 aromatic heterocycles. The number of likely N-dealkylation sites (N-methyl/N-ethyl adjacent to an activating group) is 1. The Hall–Kier alpha value is -3.06. The maximum Gasteiger partial charge on any atom is 0.410 e. The fraction of sp³-hybridized carbons (Fsp3) is 0.800. The maximum absolute atomic E-state index is 14.0. The summed E-state index contributed by atoms with van der Waals surface area (Å²) in [5.41, 5.74) is -1.50. The SMILES string of the molecule is C.CC[C@H]1OC(=O)[C@H](C)C(=O)C[C@@H](O[C@@H]2OC(C)CC(N(C)C)C2O)[C@](C)(OC)C[C@@H](C)CN[C@H](C)[C@H]2N(CCCCn3cc(-c4nccs4)nn3)C(=O)O[C@]12C. The minimum absolute atomic E-state index is 0. The maximum atomic E-state index is 14.0. The number of methoxy groups -OCH3 is 1. The zero-order chi connectivity index (χ0) is 40.9. The highest BCUT2D eigenvalue weighted by atomic mass is 32.1. The quantitative estimate of drug-likeness (QED) is 0.183. The molecule has 2 N–H and O–H groups in total. The number of ketones is 1. The summed E-state index contributed by atoms with van der Waals surface area (Å²) in [5.74, 6) is -2.25. The number of aliphatic hydroxyl groups excluding tert-OH is 1. The van der Waals surface area contributed by atoms with Gasteiger partial charge in [-0.05, 0) is 93.3 Å². The molecule has 5 heterocycles. The van der Waals surface area contributed by atoms with E-state index in [9.17, 15) is 19.5 Å². The minimum atomic E-state index is -1.21.